The highest BCUT2D eigenvalue weighted by Gasteiger charge is 2.24. The Hall–Kier alpha value is -2.41. The van der Waals surface area contributed by atoms with Crippen LogP contribution < -0.4 is 5.32 Å². The Morgan fingerprint density at radius 1 is 0.929 bits per heavy atom. The van der Waals surface area contributed by atoms with Crippen molar-refractivity contribution in [1.29, 1.82) is 0 Å². The molecular weight excluding hydrogens is 356 g/mol. The van der Waals surface area contributed by atoms with E-state index in [0.29, 0.717) is 38.3 Å². The molecule has 2 saturated heterocycles. The molecule has 0 saturated carbocycles. The standard InChI is InChI=1S/C21H30N4O3/c1-17(26)24-12-8-19(9-13-24)22-20(27)16-23-10-5-11-25(15-14-23)21(28)18-6-3-2-4-7-18/h2-4,6-7,19H,5,8-16H2,1H3,(H,22,27). The van der Waals surface area contributed by atoms with E-state index in [0.717, 1.165) is 32.4 Å². The quantitative estimate of drug-likeness (QED) is 0.837. The van der Waals surface area contributed by atoms with Gasteiger partial charge in [-0.25, -0.2) is 0 Å². The van der Waals surface area contributed by atoms with E-state index in [2.05, 4.69) is 10.2 Å². The summed E-state index contributed by atoms with van der Waals surface area (Å²) in [5, 5.41) is 3.11. The lowest BCUT2D eigenvalue weighted by Gasteiger charge is -2.32. The van der Waals surface area contributed by atoms with Crippen LogP contribution in [0.4, 0.5) is 0 Å². The van der Waals surface area contributed by atoms with Gasteiger partial charge in [-0.1, -0.05) is 18.2 Å². The van der Waals surface area contributed by atoms with Gasteiger partial charge in [-0.15, -0.1) is 0 Å². The molecule has 0 bridgehead atoms. The lowest BCUT2D eigenvalue weighted by atomic mass is 10.1. The zero-order chi connectivity index (χ0) is 19.9. The maximum absolute atomic E-state index is 12.6. The molecule has 0 spiro atoms. The van der Waals surface area contributed by atoms with Gasteiger partial charge in [-0.2, -0.15) is 0 Å². The summed E-state index contributed by atoms with van der Waals surface area (Å²) in [4.78, 5) is 42.3. The van der Waals surface area contributed by atoms with Crippen LogP contribution in [0.1, 0.15) is 36.5 Å². The molecule has 2 heterocycles. The molecule has 0 unspecified atom stereocenters. The Balaban J connectivity index is 1.43. The number of nitrogens with one attached hydrogen (secondary N) is 1. The first kappa shape index (κ1) is 20.3. The summed E-state index contributed by atoms with van der Waals surface area (Å²) < 4.78 is 0. The summed E-state index contributed by atoms with van der Waals surface area (Å²) in [6.07, 6.45) is 2.48. The number of carbonyl (C=O) groups excluding carboxylic acids is 3. The third-order valence-corrected chi connectivity index (χ3v) is 5.57. The molecule has 1 N–H and O–H groups in total. The van der Waals surface area contributed by atoms with Crippen LogP contribution in [0.2, 0.25) is 0 Å². The van der Waals surface area contributed by atoms with Gasteiger partial charge in [-0.05, 0) is 31.4 Å². The molecule has 0 aromatic heterocycles. The molecule has 1 aromatic rings. The van der Waals surface area contributed by atoms with Gasteiger partial charge < -0.3 is 15.1 Å². The minimum Gasteiger partial charge on any atom is -0.352 e. The lowest BCUT2D eigenvalue weighted by molar-refractivity contribution is -0.130. The van der Waals surface area contributed by atoms with Crippen molar-refractivity contribution in [1.82, 2.24) is 20.0 Å². The largest absolute Gasteiger partial charge is 0.352 e. The Kier molecular flexibility index (Phi) is 7.03. The van der Waals surface area contributed by atoms with E-state index in [1.54, 1.807) is 6.92 Å². The number of benzene rings is 1. The van der Waals surface area contributed by atoms with Gasteiger partial charge in [0, 0.05) is 57.8 Å². The topological polar surface area (TPSA) is 73.0 Å². The van der Waals surface area contributed by atoms with Crippen molar-refractivity contribution in [3.63, 3.8) is 0 Å². The molecule has 2 aliphatic rings. The fraction of sp³-hybridized carbons (Fsp3) is 0.571. The maximum Gasteiger partial charge on any atom is 0.253 e. The highest BCUT2D eigenvalue weighted by atomic mass is 16.2. The molecule has 3 rings (SSSR count). The van der Waals surface area contributed by atoms with Crippen LogP contribution in [0.25, 0.3) is 0 Å². The monoisotopic (exact) mass is 386 g/mol. The van der Waals surface area contributed by atoms with Gasteiger partial charge in [0.2, 0.25) is 11.8 Å². The van der Waals surface area contributed by atoms with E-state index in [-0.39, 0.29) is 23.8 Å². The number of amides is 3. The molecule has 7 nitrogen and oxygen atoms in total. The van der Waals surface area contributed by atoms with Crippen molar-refractivity contribution in [2.45, 2.75) is 32.2 Å². The molecule has 0 atom stereocenters. The number of likely N-dealkylation sites (tertiary alicyclic amines) is 1. The van der Waals surface area contributed by atoms with Crippen molar-refractivity contribution >= 4 is 17.7 Å². The molecule has 0 aliphatic carbocycles. The molecule has 7 heteroatoms. The molecule has 3 amide bonds. The summed E-state index contributed by atoms with van der Waals surface area (Å²) in [5.41, 5.74) is 0.714. The van der Waals surface area contributed by atoms with Crippen molar-refractivity contribution < 1.29 is 14.4 Å². The molecule has 152 valence electrons. The average molecular weight is 386 g/mol. The Bertz CT molecular complexity index is 686. The fourth-order valence-electron chi connectivity index (χ4n) is 3.91. The number of rotatable bonds is 4. The summed E-state index contributed by atoms with van der Waals surface area (Å²) >= 11 is 0. The second-order valence-electron chi connectivity index (χ2n) is 7.64. The molecular formula is C21H30N4O3. The number of hydrogen-bond donors (Lipinski definition) is 1. The average Bonchev–Trinajstić information content (AvgIpc) is 2.94. The molecule has 1 aromatic carbocycles. The van der Waals surface area contributed by atoms with Gasteiger partial charge >= 0.3 is 0 Å². The number of piperidine rings is 1. The van der Waals surface area contributed by atoms with E-state index >= 15 is 0 Å². The molecule has 2 fully saturated rings. The smallest absolute Gasteiger partial charge is 0.253 e. The Morgan fingerprint density at radius 2 is 1.64 bits per heavy atom. The van der Waals surface area contributed by atoms with E-state index in [1.165, 1.54) is 0 Å². The summed E-state index contributed by atoms with van der Waals surface area (Å²) in [6.45, 7) is 6.24. The fourth-order valence-corrected chi connectivity index (χ4v) is 3.91. The molecule has 28 heavy (non-hydrogen) atoms. The zero-order valence-corrected chi connectivity index (χ0v) is 16.6. The van der Waals surface area contributed by atoms with Gasteiger partial charge in [0.05, 0.1) is 6.54 Å². The number of carbonyl (C=O) groups is 3. The summed E-state index contributed by atoms with van der Waals surface area (Å²) in [7, 11) is 0. The van der Waals surface area contributed by atoms with Crippen molar-refractivity contribution in [3.05, 3.63) is 35.9 Å². The second kappa shape index (κ2) is 9.68. The van der Waals surface area contributed by atoms with Crippen LogP contribution in [0, 0.1) is 0 Å². The molecule has 2 aliphatic heterocycles. The number of nitrogens with zero attached hydrogens (tertiary/aromatic N) is 3. The molecule has 0 radical (unpaired) electrons. The van der Waals surface area contributed by atoms with Crippen molar-refractivity contribution in [3.8, 4) is 0 Å². The van der Waals surface area contributed by atoms with Gasteiger partial charge in [0.1, 0.15) is 0 Å². The van der Waals surface area contributed by atoms with Crippen LogP contribution in [0.5, 0.6) is 0 Å². The third kappa shape index (κ3) is 5.55. The minimum atomic E-state index is 0.0316. The van der Waals surface area contributed by atoms with Crippen molar-refractivity contribution in [2.24, 2.45) is 0 Å². The predicted octanol–water partition coefficient (Wildman–Crippen LogP) is 0.962. The van der Waals surface area contributed by atoms with Crippen LogP contribution in [0.3, 0.4) is 0 Å². The maximum atomic E-state index is 12.6. The van der Waals surface area contributed by atoms with E-state index in [4.69, 9.17) is 0 Å². The Morgan fingerprint density at radius 3 is 2.32 bits per heavy atom. The first-order chi connectivity index (χ1) is 13.5. The third-order valence-electron chi connectivity index (χ3n) is 5.57. The van der Waals surface area contributed by atoms with Crippen molar-refractivity contribution in [2.75, 3.05) is 45.8 Å². The van der Waals surface area contributed by atoms with E-state index < -0.39 is 0 Å². The highest BCUT2D eigenvalue weighted by molar-refractivity contribution is 5.94. The first-order valence-electron chi connectivity index (χ1n) is 10.1. The minimum absolute atomic E-state index is 0.0316. The summed E-state index contributed by atoms with van der Waals surface area (Å²) in [6, 6.07) is 9.49. The van der Waals surface area contributed by atoms with Crippen LogP contribution >= 0.6 is 0 Å². The van der Waals surface area contributed by atoms with Crippen LogP contribution in [-0.4, -0.2) is 84.3 Å². The second-order valence-corrected chi connectivity index (χ2v) is 7.64. The van der Waals surface area contributed by atoms with Crippen LogP contribution in [-0.2, 0) is 9.59 Å². The van der Waals surface area contributed by atoms with Crippen LogP contribution in [0.15, 0.2) is 30.3 Å². The SMILES string of the molecule is CC(=O)N1CCC(NC(=O)CN2CCCN(C(=O)c3ccccc3)CC2)CC1. The van der Waals surface area contributed by atoms with Gasteiger partial charge in [-0.3, -0.25) is 19.3 Å². The lowest BCUT2D eigenvalue weighted by Crippen LogP contribution is -2.48. The predicted molar refractivity (Wildman–Crippen MR) is 107 cm³/mol. The summed E-state index contributed by atoms with van der Waals surface area (Å²) in [5.74, 6) is 0.192. The van der Waals surface area contributed by atoms with Gasteiger partial charge in [0.15, 0.2) is 0 Å². The van der Waals surface area contributed by atoms with E-state index in [1.807, 2.05) is 40.1 Å². The first-order valence-corrected chi connectivity index (χ1v) is 10.1. The van der Waals surface area contributed by atoms with E-state index in [9.17, 15) is 14.4 Å². The van der Waals surface area contributed by atoms with Gasteiger partial charge in [0.25, 0.3) is 5.91 Å². The number of hydrogen-bond acceptors (Lipinski definition) is 4. The normalized spacial score (nSPS) is 19.2. The zero-order valence-electron chi connectivity index (χ0n) is 16.6. The Labute approximate surface area is 166 Å². The highest BCUT2D eigenvalue weighted by Crippen LogP contribution is 2.11.